The molecule has 1 heterocycles. The molecular formula is C16H10N2OS. The van der Waals surface area contributed by atoms with E-state index in [0.29, 0.717) is 11.1 Å². The highest BCUT2D eigenvalue weighted by Crippen LogP contribution is 2.34. The van der Waals surface area contributed by atoms with Gasteiger partial charge in [-0.25, -0.2) is 4.98 Å². The summed E-state index contributed by atoms with van der Waals surface area (Å²) in [4.78, 5) is 17.8. The number of rotatable bonds is 0. The molecule has 4 rings (SSSR count). The van der Waals surface area contributed by atoms with Gasteiger partial charge in [-0.2, -0.15) is 0 Å². The van der Waals surface area contributed by atoms with Crippen LogP contribution in [0.4, 0.5) is 5.69 Å². The lowest BCUT2D eigenvalue weighted by Gasteiger charge is -2.09. The Bertz CT molecular complexity index is 990. The molecule has 0 saturated heterocycles. The van der Waals surface area contributed by atoms with Gasteiger partial charge in [0.2, 0.25) is 0 Å². The minimum Gasteiger partial charge on any atom is -0.399 e. The molecule has 2 N–H and O–H groups in total. The zero-order valence-electron chi connectivity index (χ0n) is 10.5. The predicted molar refractivity (Wildman–Crippen MR) is 84.4 cm³/mol. The summed E-state index contributed by atoms with van der Waals surface area (Å²) in [6, 6.07) is 15.0. The second-order valence-electron chi connectivity index (χ2n) is 4.71. The average Bonchev–Trinajstić information content (AvgIpc) is 2.46. The van der Waals surface area contributed by atoms with Crippen molar-refractivity contribution >= 4 is 38.0 Å². The minimum absolute atomic E-state index is 0.00636. The van der Waals surface area contributed by atoms with E-state index in [1.54, 1.807) is 23.5 Å². The van der Waals surface area contributed by atoms with E-state index in [-0.39, 0.29) is 5.43 Å². The van der Waals surface area contributed by atoms with Crippen LogP contribution < -0.4 is 11.2 Å². The smallest absolute Gasteiger partial charge is 0.188 e. The van der Waals surface area contributed by atoms with Crippen LogP contribution in [0.2, 0.25) is 0 Å². The number of hydrogen-bond donors (Lipinski definition) is 1. The Morgan fingerprint density at radius 2 is 1.85 bits per heavy atom. The monoisotopic (exact) mass is 278 g/mol. The molecule has 0 saturated carbocycles. The summed E-state index contributed by atoms with van der Waals surface area (Å²) in [5.41, 5.74) is 8.17. The Kier molecular flexibility index (Phi) is 2.28. The van der Waals surface area contributed by atoms with Crippen LogP contribution in [0.15, 0.2) is 53.3 Å². The predicted octanol–water partition coefficient (Wildman–Crippen LogP) is 3.50. The van der Waals surface area contributed by atoms with Gasteiger partial charge in [0.25, 0.3) is 0 Å². The molecule has 0 atom stereocenters. The molecule has 0 spiro atoms. The lowest BCUT2D eigenvalue weighted by atomic mass is 10.1. The first-order valence-electron chi connectivity index (χ1n) is 6.24. The Balaban J connectivity index is 2.26. The van der Waals surface area contributed by atoms with E-state index in [4.69, 9.17) is 10.7 Å². The molecule has 0 radical (unpaired) electrons. The molecule has 0 aromatic heterocycles. The van der Waals surface area contributed by atoms with Gasteiger partial charge in [0, 0.05) is 22.5 Å². The summed E-state index contributed by atoms with van der Waals surface area (Å²) >= 11 is 1.59. The Morgan fingerprint density at radius 3 is 2.75 bits per heavy atom. The van der Waals surface area contributed by atoms with Gasteiger partial charge in [0.1, 0.15) is 0 Å². The fourth-order valence-electron chi connectivity index (χ4n) is 2.44. The first-order chi connectivity index (χ1) is 9.72. The number of anilines is 1. The van der Waals surface area contributed by atoms with Crippen molar-refractivity contribution in [1.82, 2.24) is 4.98 Å². The second-order valence-corrected chi connectivity index (χ2v) is 5.79. The topological polar surface area (TPSA) is 56.0 Å². The molecular weight excluding hydrogens is 268 g/mol. The molecule has 3 nitrogen and oxygen atoms in total. The van der Waals surface area contributed by atoms with Crippen molar-refractivity contribution in [2.75, 3.05) is 5.73 Å². The Morgan fingerprint density at radius 1 is 1.00 bits per heavy atom. The summed E-state index contributed by atoms with van der Waals surface area (Å²) < 4.78 is 1.08. The zero-order valence-corrected chi connectivity index (χ0v) is 11.3. The molecule has 0 unspecified atom stereocenters. The number of aromatic nitrogens is 1. The van der Waals surface area contributed by atoms with E-state index in [2.05, 4.69) is 0 Å². The van der Waals surface area contributed by atoms with Crippen molar-refractivity contribution in [3.63, 3.8) is 0 Å². The highest BCUT2D eigenvalue weighted by molar-refractivity contribution is 7.21. The molecule has 20 heavy (non-hydrogen) atoms. The van der Waals surface area contributed by atoms with Gasteiger partial charge in [0.05, 0.1) is 20.8 Å². The number of fused-ring (bicyclic) bond motifs is 4. The van der Waals surface area contributed by atoms with Gasteiger partial charge in [-0.15, -0.1) is 11.3 Å². The molecule has 4 heteroatoms. The molecule has 2 aromatic rings. The Hall–Kier alpha value is -2.46. The van der Waals surface area contributed by atoms with Crippen molar-refractivity contribution in [2.24, 2.45) is 0 Å². The molecule has 2 aromatic carbocycles. The molecule has 0 amide bonds. The summed E-state index contributed by atoms with van der Waals surface area (Å²) in [5, 5.41) is 1.50. The Labute approximate surface area is 118 Å². The van der Waals surface area contributed by atoms with Gasteiger partial charge >= 0.3 is 0 Å². The summed E-state index contributed by atoms with van der Waals surface area (Å²) in [6.45, 7) is 0. The summed E-state index contributed by atoms with van der Waals surface area (Å²) in [7, 11) is 0. The lowest BCUT2D eigenvalue weighted by molar-refractivity contribution is 1.44. The quantitative estimate of drug-likeness (QED) is 0.304. The normalized spacial score (nSPS) is 11.4. The van der Waals surface area contributed by atoms with Crippen LogP contribution in [0.5, 0.6) is 0 Å². The van der Waals surface area contributed by atoms with E-state index in [1.165, 1.54) is 0 Å². The first kappa shape index (κ1) is 11.4. The molecule has 96 valence electrons. The molecule has 0 bridgehead atoms. The molecule has 2 aliphatic rings. The molecule has 1 aliphatic carbocycles. The average molecular weight is 278 g/mol. The maximum absolute atomic E-state index is 12.2. The van der Waals surface area contributed by atoms with Crippen molar-refractivity contribution in [3.05, 3.63) is 58.8 Å². The van der Waals surface area contributed by atoms with Crippen LogP contribution in [0.1, 0.15) is 0 Å². The third-order valence-electron chi connectivity index (χ3n) is 3.38. The second kappa shape index (κ2) is 4.02. The van der Waals surface area contributed by atoms with Crippen LogP contribution in [-0.2, 0) is 0 Å². The van der Waals surface area contributed by atoms with Crippen LogP contribution in [0.3, 0.4) is 0 Å². The van der Waals surface area contributed by atoms with Crippen LogP contribution >= 0.6 is 11.3 Å². The number of nitrogens with two attached hydrogens (primary N) is 1. The van der Waals surface area contributed by atoms with E-state index >= 15 is 0 Å². The van der Waals surface area contributed by atoms with Crippen molar-refractivity contribution in [2.45, 2.75) is 0 Å². The van der Waals surface area contributed by atoms with Gasteiger partial charge in [-0.3, -0.25) is 4.79 Å². The van der Waals surface area contributed by atoms with Crippen LogP contribution in [0, 0.1) is 0 Å². The highest BCUT2D eigenvalue weighted by Gasteiger charge is 2.13. The van der Waals surface area contributed by atoms with Crippen LogP contribution in [0.25, 0.3) is 31.6 Å². The minimum atomic E-state index is -0.00636. The van der Waals surface area contributed by atoms with Crippen molar-refractivity contribution in [3.8, 4) is 10.6 Å². The standard InChI is InChI=1S/C16H10N2OS/c17-9-5-6-10-11(7-9)13(19)8-15-16(10)18-12-3-1-2-4-14(12)20-15/h1-8H,17H2. The summed E-state index contributed by atoms with van der Waals surface area (Å²) in [6.07, 6.45) is 0. The number of hydrogen-bond acceptors (Lipinski definition) is 4. The lowest BCUT2D eigenvalue weighted by Crippen LogP contribution is -2.03. The maximum atomic E-state index is 12.2. The fourth-order valence-corrected chi connectivity index (χ4v) is 3.46. The zero-order chi connectivity index (χ0) is 13.7. The van der Waals surface area contributed by atoms with Gasteiger partial charge in [-0.05, 0) is 30.3 Å². The number of para-hydroxylation sites is 1. The van der Waals surface area contributed by atoms with Gasteiger partial charge in [0.15, 0.2) is 5.43 Å². The largest absolute Gasteiger partial charge is 0.399 e. The molecule has 0 fully saturated rings. The number of benzene rings is 3. The number of nitrogens with zero attached hydrogens (tertiary/aromatic N) is 1. The van der Waals surface area contributed by atoms with Crippen molar-refractivity contribution < 1.29 is 0 Å². The third kappa shape index (κ3) is 1.58. The van der Waals surface area contributed by atoms with E-state index < -0.39 is 0 Å². The molecule has 1 aliphatic heterocycles. The SMILES string of the molecule is Nc1ccc2c3nc4ccccc4sc-3cc(=O)c2c1. The van der Waals surface area contributed by atoms with E-state index in [9.17, 15) is 4.79 Å². The van der Waals surface area contributed by atoms with Gasteiger partial charge in [-0.1, -0.05) is 12.1 Å². The van der Waals surface area contributed by atoms with Gasteiger partial charge < -0.3 is 5.73 Å². The highest BCUT2D eigenvalue weighted by atomic mass is 32.1. The van der Waals surface area contributed by atoms with E-state index in [1.807, 2.05) is 36.4 Å². The van der Waals surface area contributed by atoms with Crippen LogP contribution in [-0.4, -0.2) is 4.98 Å². The van der Waals surface area contributed by atoms with E-state index in [0.717, 1.165) is 26.2 Å². The summed E-state index contributed by atoms with van der Waals surface area (Å²) in [5.74, 6) is 0. The number of nitrogen functional groups attached to an aromatic ring is 1. The fraction of sp³-hybridized carbons (Fsp3) is 0. The van der Waals surface area contributed by atoms with Crippen molar-refractivity contribution in [1.29, 1.82) is 0 Å². The third-order valence-corrected chi connectivity index (χ3v) is 4.47. The maximum Gasteiger partial charge on any atom is 0.188 e. The first-order valence-corrected chi connectivity index (χ1v) is 7.06.